The molecule has 0 amide bonds. The predicted molar refractivity (Wildman–Crippen MR) is 32.1 cm³/mol. The van der Waals surface area contributed by atoms with Gasteiger partial charge in [0.2, 0.25) is 0 Å². The number of hydrogen-bond donors (Lipinski definition) is 0. The molecule has 48 valence electrons. The summed E-state index contributed by atoms with van der Waals surface area (Å²) in [6.45, 7) is 8.45. The Labute approximate surface area is 50.4 Å². The Morgan fingerprint density at radius 3 is 1.75 bits per heavy atom. The predicted octanol–water partition coefficient (Wildman–Crippen LogP) is 1.38. The van der Waals surface area contributed by atoms with Crippen molar-refractivity contribution in [3.8, 4) is 0 Å². The van der Waals surface area contributed by atoms with E-state index in [1.165, 1.54) is 0 Å². The van der Waals surface area contributed by atoms with Crippen LogP contribution in [-0.4, -0.2) is 16.8 Å². The lowest BCUT2D eigenvalue weighted by molar-refractivity contribution is 0.101. The van der Waals surface area contributed by atoms with E-state index in [1.807, 2.05) is 12.0 Å². The molecule has 0 spiro atoms. The largest absolute Gasteiger partial charge is 0.275 e. The highest BCUT2D eigenvalue weighted by molar-refractivity contribution is 4.77. The van der Waals surface area contributed by atoms with Crippen LogP contribution in [0.1, 0.15) is 27.7 Å². The van der Waals surface area contributed by atoms with Crippen LogP contribution in [0.4, 0.5) is 0 Å². The monoisotopic (exact) mass is 115 g/mol. The Morgan fingerprint density at radius 2 is 1.75 bits per heavy atom. The van der Waals surface area contributed by atoms with Gasteiger partial charge in [0.05, 0.1) is 0 Å². The van der Waals surface area contributed by atoms with Crippen LogP contribution in [0.25, 0.3) is 0 Å². The molecule has 8 heavy (non-hydrogen) atoms. The van der Waals surface area contributed by atoms with E-state index in [1.54, 1.807) is 0 Å². The van der Waals surface area contributed by atoms with Crippen molar-refractivity contribution in [2.24, 2.45) is 0 Å². The smallest absolute Gasteiger partial charge is 0.152 e. The van der Waals surface area contributed by atoms with Crippen LogP contribution in [0.15, 0.2) is 0 Å². The van der Waals surface area contributed by atoms with E-state index in [9.17, 15) is 0 Å². The van der Waals surface area contributed by atoms with E-state index >= 15 is 0 Å². The van der Waals surface area contributed by atoms with Crippen LogP contribution < -0.4 is 0 Å². The average molecular weight is 115 g/mol. The third-order valence-electron chi connectivity index (χ3n) is 1.21. The topological polar surface area (TPSA) is 15.5 Å². The van der Waals surface area contributed by atoms with Crippen LogP contribution in [0.3, 0.4) is 0 Å². The Balaban J connectivity index is 2.39. The van der Waals surface area contributed by atoms with Crippen LogP contribution in [0.2, 0.25) is 0 Å². The summed E-state index contributed by atoms with van der Waals surface area (Å²) in [5, 5.41) is 1.98. The molecule has 1 fully saturated rings. The van der Waals surface area contributed by atoms with Crippen molar-refractivity contribution in [2.45, 2.75) is 39.5 Å². The molecule has 1 aliphatic rings. The summed E-state index contributed by atoms with van der Waals surface area (Å²) in [6.07, 6.45) is 0.343. The third kappa shape index (κ3) is 1.01. The molecule has 0 aromatic carbocycles. The first-order valence-electron chi connectivity index (χ1n) is 2.98. The van der Waals surface area contributed by atoms with Gasteiger partial charge in [0.25, 0.3) is 0 Å². The van der Waals surface area contributed by atoms with Gasteiger partial charge in [0.15, 0.2) is 6.23 Å². The van der Waals surface area contributed by atoms with Crippen molar-refractivity contribution in [3.63, 3.8) is 0 Å². The van der Waals surface area contributed by atoms with E-state index in [0.29, 0.717) is 6.23 Å². The van der Waals surface area contributed by atoms with Crippen molar-refractivity contribution in [1.29, 1.82) is 0 Å². The Bertz CT molecular complexity index is 95.2. The van der Waals surface area contributed by atoms with Crippen molar-refractivity contribution < 1.29 is 4.84 Å². The highest BCUT2D eigenvalue weighted by atomic mass is 16.8. The molecule has 0 radical (unpaired) electrons. The summed E-state index contributed by atoms with van der Waals surface area (Å²) in [4.78, 5) is 5.11. The highest BCUT2D eigenvalue weighted by Crippen LogP contribution is 2.29. The number of rotatable bonds is 0. The standard InChI is InChI=1S/C6H13NO/c1-5-7(8-5)6(2,3)4/h5H,1-4H3. The van der Waals surface area contributed by atoms with Crippen molar-refractivity contribution in [2.75, 3.05) is 0 Å². The number of hydroxylamine groups is 2. The van der Waals surface area contributed by atoms with Crippen molar-refractivity contribution >= 4 is 0 Å². The van der Waals surface area contributed by atoms with Gasteiger partial charge >= 0.3 is 0 Å². The van der Waals surface area contributed by atoms with Gasteiger partial charge < -0.3 is 0 Å². The lowest BCUT2D eigenvalue weighted by Crippen LogP contribution is -2.26. The van der Waals surface area contributed by atoms with Gasteiger partial charge in [-0.3, -0.25) is 4.84 Å². The highest BCUT2D eigenvalue weighted by Gasteiger charge is 2.40. The maximum absolute atomic E-state index is 5.11. The zero-order valence-electron chi connectivity index (χ0n) is 5.93. The maximum atomic E-state index is 5.11. The minimum atomic E-state index is 0.194. The van der Waals surface area contributed by atoms with Crippen LogP contribution in [0.5, 0.6) is 0 Å². The number of nitrogens with zero attached hydrogens (tertiary/aromatic N) is 1. The molecule has 2 unspecified atom stereocenters. The van der Waals surface area contributed by atoms with E-state index in [2.05, 4.69) is 20.8 Å². The molecular formula is C6H13NO. The van der Waals surface area contributed by atoms with Gasteiger partial charge in [-0.05, 0) is 27.7 Å². The third-order valence-corrected chi connectivity index (χ3v) is 1.21. The molecule has 1 saturated heterocycles. The summed E-state index contributed by atoms with van der Waals surface area (Å²) in [6, 6.07) is 0. The van der Waals surface area contributed by atoms with Gasteiger partial charge in [0, 0.05) is 5.54 Å². The van der Waals surface area contributed by atoms with Gasteiger partial charge in [0.1, 0.15) is 0 Å². The average Bonchev–Trinajstić information content (AvgIpc) is 2.13. The Morgan fingerprint density at radius 1 is 1.38 bits per heavy atom. The fourth-order valence-electron chi connectivity index (χ4n) is 0.841. The number of hydrogen-bond acceptors (Lipinski definition) is 2. The molecule has 1 heterocycles. The fraction of sp³-hybridized carbons (Fsp3) is 1.00. The first-order chi connectivity index (χ1) is 3.52. The molecule has 0 aliphatic carbocycles. The zero-order valence-corrected chi connectivity index (χ0v) is 5.93. The van der Waals surface area contributed by atoms with E-state index < -0.39 is 0 Å². The molecule has 2 nitrogen and oxygen atoms in total. The van der Waals surface area contributed by atoms with Crippen LogP contribution in [0, 0.1) is 0 Å². The summed E-state index contributed by atoms with van der Waals surface area (Å²) in [5.41, 5.74) is 0.194. The second-order valence-corrected chi connectivity index (χ2v) is 3.20. The molecule has 1 aliphatic heterocycles. The zero-order chi connectivity index (χ0) is 6.36. The molecule has 2 atom stereocenters. The molecule has 0 aromatic heterocycles. The van der Waals surface area contributed by atoms with Crippen molar-refractivity contribution in [1.82, 2.24) is 5.06 Å². The minimum absolute atomic E-state index is 0.194. The van der Waals surface area contributed by atoms with E-state index in [-0.39, 0.29) is 5.54 Å². The molecule has 1 rings (SSSR count). The van der Waals surface area contributed by atoms with Gasteiger partial charge in [-0.15, -0.1) is 0 Å². The Hall–Kier alpha value is -0.0800. The first-order valence-corrected chi connectivity index (χ1v) is 2.98. The van der Waals surface area contributed by atoms with Gasteiger partial charge in [-0.1, -0.05) is 0 Å². The molecule has 0 bridgehead atoms. The van der Waals surface area contributed by atoms with Crippen LogP contribution >= 0.6 is 0 Å². The molecule has 0 saturated carbocycles. The second-order valence-electron chi connectivity index (χ2n) is 3.20. The fourth-order valence-corrected chi connectivity index (χ4v) is 0.841. The molecular weight excluding hydrogens is 102 g/mol. The molecule has 2 heteroatoms. The summed E-state index contributed by atoms with van der Waals surface area (Å²) >= 11 is 0. The summed E-state index contributed by atoms with van der Waals surface area (Å²) in [7, 11) is 0. The molecule has 0 N–H and O–H groups in total. The van der Waals surface area contributed by atoms with Gasteiger partial charge in [-0.2, -0.15) is 5.06 Å². The van der Waals surface area contributed by atoms with E-state index in [4.69, 9.17) is 4.84 Å². The Kier molecular flexibility index (Phi) is 1.10. The van der Waals surface area contributed by atoms with Gasteiger partial charge in [-0.25, -0.2) is 0 Å². The van der Waals surface area contributed by atoms with Crippen molar-refractivity contribution in [3.05, 3.63) is 0 Å². The van der Waals surface area contributed by atoms with E-state index in [0.717, 1.165) is 0 Å². The maximum Gasteiger partial charge on any atom is 0.152 e. The second kappa shape index (κ2) is 1.45. The normalized spacial score (nSPS) is 37.5. The SMILES string of the molecule is CC1ON1C(C)(C)C. The quantitative estimate of drug-likeness (QED) is 0.443. The minimum Gasteiger partial charge on any atom is -0.275 e. The van der Waals surface area contributed by atoms with Crippen LogP contribution in [-0.2, 0) is 4.84 Å². The lowest BCUT2D eigenvalue weighted by Gasteiger charge is -2.15. The molecule has 0 aromatic rings. The lowest BCUT2D eigenvalue weighted by atomic mass is 10.1. The first kappa shape index (κ1) is 6.05. The summed E-state index contributed by atoms with van der Waals surface area (Å²) < 4.78 is 0. The summed E-state index contributed by atoms with van der Waals surface area (Å²) in [5.74, 6) is 0.